The van der Waals surface area contributed by atoms with Crippen molar-refractivity contribution in [1.29, 1.82) is 0 Å². The number of carbonyl (C=O) groups excluding carboxylic acids is 1. The molecule has 88 valence electrons. The van der Waals surface area contributed by atoms with Gasteiger partial charge in [0.1, 0.15) is 3.92 Å². The van der Waals surface area contributed by atoms with E-state index in [0.717, 1.165) is 16.5 Å². The van der Waals surface area contributed by atoms with Crippen LogP contribution in [0.2, 0.25) is 0 Å². The molecule has 0 aromatic heterocycles. The summed E-state index contributed by atoms with van der Waals surface area (Å²) in [6, 6.07) is 11.6. The zero-order chi connectivity index (χ0) is 12.4. The highest BCUT2D eigenvalue weighted by Crippen LogP contribution is 2.29. The highest BCUT2D eigenvalue weighted by atomic mass is 127. The van der Waals surface area contributed by atoms with E-state index in [1.165, 1.54) is 0 Å². The number of hydrogen-bond acceptors (Lipinski definition) is 2. The second-order valence-corrected chi connectivity index (χ2v) is 5.67. The molecule has 1 atom stereocenters. The SMILES string of the molecule is CC(I)C(=O)Oc1ccc2ccccc2c1[NH3+]. The number of benzene rings is 2. The van der Waals surface area contributed by atoms with Crippen LogP contribution < -0.4 is 10.5 Å². The molecule has 4 heteroatoms. The number of ether oxygens (including phenoxy) is 1. The molecule has 0 saturated carbocycles. The number of halogens is 1. The predicted octanol–water partition coefficient (Wildman–Crippen LogP) is 2.44. The fourth-order valence-corrected chi connectivity index (χ4v) is 1.73. The summed E-state index contributed by atoms with van der Waals surface area (Å²) < 4.78 is 5.14. The van der Waals surface area contributed by atoms with Gasteiger partial charge in [0.25, 0.3) is 0 Å². The van der Waals surface area contributed by atoms with Gasteiger partial charge in [0.2, 0.25) is 0 Å². The minimum Gasteiger partial charge on any atom is -0.419 e. The lowest BCUT2D eigenvalue weighted by atomic mass is 10.1. The average molecular weight is 342 g/mol. The standard InChI is InChI=1S/C13H12INO2/c1-8(14)13(16)17-11-7-6-9-4-2-3-5-10(9)12(11)15/h2-8H,15H2,1H3/p+1. The monoisotopic (exact) mass is 342 g/mol. The largest absolute Gasteiger partial charge is 0.419 e. The summed E-state index contributed by atoms with van der Waals surface area (Å²) in [6.07, 6.45) is 0. The number of esters is 1. The van der Waals surface area contributed by atoms with Gasteiger partial charge in [-0.3, -0.25) is 4.79 Å². The van der Waals surface area contributed by atoms with Gasteiger partial charge < -0.3 is 10.5 Å². The molecule has 2 aromatic rings. The normalized spacial score (nSPS) is 12.4. The van der Waals surface area contributed by atoms with E-state index in [1.54, 1.807) is 13.0 Å². The van der Waals surface area contributed by atoms with E-state index in [0.29, 0.717) is 5.75 Å². The van der Waals surface area contributed by atoms with Gasteiger partial charge in [-0.25, -0.2) is 0 Å². The maximum absolute atomic E-state index is 11.5. The summed E-state index contributed by atoms with van der Waals surface area (Å²) in [7, 11) is 0. The van der Waals surface area contributed by atoms with Crippen LogP contribution in [-0.2, 0) is 4.79 Å². The van der Waals surface area contributed by atoms with Crippen molar-refractivity contribution in [3.05, 3.63) is 36.4 Å². The first-order chi connectivity index (χ1) is 8.09. The first kappa shape index (κ1) is 12.3. The molecule has 0 aliphatic carbocycles. The summed E-state index contributed by atoms with van der Waals surface area (Å²) in [6.45, 7) is 1.80. The van der Waals surface area contributed by atoms with Crippen LogP contribution in [0.1, 0.15) is 6.92 Å². The second-order valence-electron chi connectivity index (χ2n) is 3.80. The van der Waals surface area contributed by atoms with Crippen LogP contribution in [0.5, 0.6) is 5.75 Å². The topological polar surface area (TPSA) is 53.9 Å². The lowest BCUT2D eigenvalue weighted by Crippen LogP contribution is -2.41. The second kappa shape index (κ2) is 5.01. The lowest BCUT2D eigenvalue weighted by Gasteiger charge is -2.08. The molecule has 0 fully saturated rings. The van der Waals surface area contributed by atoms with Gasteiger partial charge in [-0.1, -0.05) is 46.9 Å². The first-order valence-electron chi connectivity index (χ1n) is 5.29. The number of hydrogen-bond donors (Lipinski definition) is 1. The highest BCUT2D eigenvalue weighted by Gasteiger charge is 2.15. The minimum atomic E-state index is -0.245. The van der Waals surface area contributed by atoms with Crippen LogP contribution >= 0.6 is 22.6 Å². The Morgan fingerprint density at radius 2 is 2.00 bits per heavy atom. The van der Waals surface area contributed by atoms with Gasteiger partial charge in [0, 0.05) is 5.39 Å². The van der Waals surface area contributed by atoms with Crippen LogP contribution in [0.3, 0.4) is 0 Å². The van der Waals surface area contributed by atoms with Gasteiger partial charge in [0.15, 0.2) is 11.4 Å². The molecule has 0 spiro atoms. The Morgan fingerprint density at radius 1 is 1.29 bits per heavy atom. The third-order valence-electron chi connectivity index (χ3n) is 2.53. The summed E-state index contributed by atoms with van der Waals surface area (Å²) >= 11 is 2.03. The van der Waals surface area contributed by atoms with Crippen molar-refractivity contribution >= 4 is 45.0 Å². The van der Waals surface area contributed by atoms with Gasteiger partial charge in [-0.05, 0) is 24.4 Å². The Kier molecular flexibility index (Phi) is 3.63. The molecule has 1 unspecified atom stereocenters. The molecule has 0 radical (unpaired) electrons. The molecule has 0 saturated heterocycles. The fourth-order valence-electron chi connectivity index (χ4n) is 1.60. The molecule has 0 aliphatic rings. The van der Waals surface area contributed by atoms with E-state index in [2.05, 4.69) is 5.73 Å². The van der Waals surface area contributed by atoms with Crippen molar-refractivity contribution in [1.82, 2.24) is 0 Å². The highest BCUT2D eigenvalue weighted by molar-refractivity contribution is 14.1. The van der Waals surface area contributed by atoms with Crippen molar-refractivity contribution in [3.63, 3.8) is 0 Å². The van der Waals surface area contributed by atoms with Gasteiger partial charge in [0.05, 0.1) is 0 Å². The Hall–Kier alpha value is -1.14. The number of carbonyl (C=O) groups is 1. The zero-order valence-corrected chi connectivity index (χ0v) is 11.6. The van der Waals surface area contributed by atoms with Crippen LogP contribution in [0.15, 0.2) is 36.4 Å². The van der Waals surface area contributed by atoms with E-state index in [9.17, 15) is 4.79 Å². The summed E-state index contributed by atoms with van der Waals surface area (Å²) in [5.74, 6) is 0.294. The van der Waals surface area contributed by atoms with E-state index >= 15 is 0 Å². The Labute approximate surface area is 113 Å². The lowest BCUT2D eigenvalue weighted by molar-refractivity contribution is -0.254. The summed E-state index contributed by atoms with van der Waals surface area (Å²) in [4.78, 5) is 11.5. The number of alkyl halides is 1. The number of quaternary nitrogens is 1. The van der Waals surface area contributed by atoms with E-state index < -0.39 is 0 Å². The van der Waals surface area contributed by atoms with Crippen molar-refractivity contribution in [2.75, 3.05) is 0 Å². The molecule has 0 heterocycles. The number of fused-ring (bicyclic) bond motifs is 1. The zero-order valence-electron chi connectivity index (χ0n) is 9.44. The first-order valence-corrected chi connectivity index (χ1v) is 6.53. The van der Waals surface area contributed by atoms with E-state index in [4.69, 9.17) is 4.74 Å². The Morgan fingerprint density at radius 3 is 2.71 bits per heavy atom. The van der Waals surface area contributed by atoms with Crippen molar-refractivity contribution < 1.29 is 15.3 Å². The molecule has 0 aliphatic heterocycles. The minimum absolute atomic E-state index is 0.168. The molecule has 2 rings (SSSR count). The quantitative estimate of drug-likeness (QED) is 0.395. The molecule has 3 N–H and O–H groups in total. The van der Waals surface area contributed by atoms with Crippen molar-refractivity contribution in [3.8, 4) is 5.75 Å². The molecule has 0 bridgehead atoms. The van der Waals surface area contributed by atoms with E-state index in [1.807, 2.05) is 52.9 Å². The molecular weight excluding hydrogens is 329 g/mol. The summed E-state index contributed by atoms with van der Waals surface area (Å²) in [5, 5.41) is 2.11. The predicted molar refractivity (Wildman–Crippen MR) is 75.6 cm³/mol. The molecule has 3 nitrogen and oxygen atoms in total. The van der Waals surface area contributed by atoms with Crippen LogP contribution in [0, 0.1) is 0 Å². The fraction of sp³-hybridized carbons (Fsp3) is 0.154. The van der Waals surface area contributed by atoms with Gasteiger partial charge in [-0.2, -0.15) is 0 Å². The van der Waals surface area contributed by atoms with Crippen LogP contribution in [0.4, 0.5) is 5.69 Å². The molecule has 17 heavy (non-hydrogen) atoms. The van der Waals surface area contributed by atoms with Crippen molar-refractivity contribution in [2.24, 2.45) is 0 Å². The van der Waals surface area contributed by atoms with Gasteiger partial charge >= 0.3 is 5.97 Å². The Bertz CT molecular complexity index is 566. The third-order valence-corrected chi connectivity index (χ3v) is 3.04. The van der Waals surface area contributed by atoms with Crippen molar-refractivity contribution in [2.45, 2.75) is 10.8 Å². The third kappa shape index (κ3) is 2.58. The molecule has 0 amide bonds. The average Bonchev–Trinajstić information content (AvgIpc) is 2.33. The van der Waals surface area contributed by atoms with Crippen LogP contribution in [-0.4, -0.2) is 9.89 Å². The Balaban J connectivity index is 2.43. The number of rotatable bonds is 2. The molecule has 2 aromatic carbocycles. The molecular formula is C13H13INO2+. The maximum atomic E-state index is 11.5. The maximum Gasteiger partial charge on any atom is 0.324 e. The van der Waals surface area contributed by atoms with E-state index in [-0.39, 0.29) is 9.89 Å². The smallest absolute Gasteiger partial charge is 0.324 e. The summed E-state index contributed by atoms with van der Waals surface area (Å²) in [5.41, 5.74) is 4.74. The van der Waals surface area contributed by atoms with Gasteiger partial charge in [-0.15, -0.1) is 0 Å². The van der Waals surface area contributed by atoms with Crippen LogP contribution in [0.25, 0.3) is 10.8 Å².